The van der Waals surface area contributed by atoms with E-state index in [2.05, 4.69) is 16.9 Å². The molecule has 0 radical (unpaired) electrons. The van der Waals surface area contributed by atoms with Crippen LogP contribution < -0.4 is 5.73 Å². The molecule has 17 heavy (non-hydrogen) atoms. The van der Waals surface area contributed by atoms with Crippen LogP contribution in [0, 0.1) is 0 Å². The summed E-state index contributed by atoms with van der Waals surface area (Å²) in [5, 5.41) is 0. The van der Waals surface area contributed by atoms with E-state index in [1.165, 1.54) is 12.8 Å². The lowest BCUT2D eigenvalue weighted by Gasteiger charge is -2.15. The quantitative estimate of drug-likeness (QED) is 0.817. The first-order chi connectivity index (χ1) is 8.26. The number of nitrogens with two attached hydrogens (primary N) is 1. The zero-order valence-electron chi connectivity index (χ0n) is 10.6. The minimum Gasteiger partial charge on any atom is -0.373 e. The average Bonchev–Trinajstić information content (AvgIpc) is 2.53. The lowest BCUT2D eigenvalue weighted by molar-refractivity contribution is 0.0923. The van der Waals surface area contributed by atoms with Gasteiger partial charge in [-0.1, -0.05) is 13.3 Å². The minimum atomic E-state index is -0.000206. The molecule has 0 aliphatic heterocycles. The molecule has 2 rings (SSSR count). The Hall–Kier alpha value is -1.00. The molecule has 2 unspecified atom stereocenters. The van der Waals surface area contributed by atoms with Gasteiger partial charge in [0.25, 0.3) is 0 Å². The summed E-state index contributed by atoms with van der Waals surface area (Å²) in [4.78, 5) is 9.06. The van der Waals surface area contributed by atoms with Gasteiger partial charge in [0, 0.05) is 30.6 Å². The summed E-state index contributed by atoms with van der Waals surface area (Å²) in [6.07, 6.45) is 7.18. The largest absolute Gasteiger partial charge is 0.373 e. The first kappa shape index (κ1) is 12.5. The van der Waals surface area contributed by atoms with Crippen LogP contribution in [0.3, 0.4) is 0 Å². The number of nitrogens with zero attached hydrogens (tertiary/aromatic N) is 2. The second-order valence-corrected chi connectivity index (χ2v) is 4.62. The standard InChI is InChI=1S/C13H21N3O/c1-3-12(17-2)13-15-8-9-10(14)6-4-5-7-11(9)16-13/h8,10,12H,3-7,14H2,1-2H3. The fourth-order valence-corrected chi connectivity index (χ4v) is 2.37. The molecule has 0 fully saturated rings. The fraction of sp³-hybridized carbons (Fsp3) is 0.692. The molecular formula is C13H21N3O. The van der Waals surface area contributed by atoms with E-state index < -0.39 is 0 Å². The van der Waals surface area contributed by atoms with E-state index in [4.69, 9.17) is 10.5 Å². The van der Waals surface area contributed by atoms with E-state index in [1.807, 2.05) is 6.20 Å². The number of aromatic nitrogens is 2. The Balaban J connectivity index is 2.32. The number of fused-ring (bicyclic) bond motifs is 1. The number of hydrogen-bond donors (Lipinski definition) is 1. The molecule has 4 nitrogen and oxygen atoms in total. The van der Waals surface area contributed by atoms with Crippen molar-refractivity contribution in [2.24, 2.45) is 5.73 Å². The molecule has 1 aliphatic rings. The van der Waals surface area contributed by atoms with Gasteiger partial charge in [-0.25, -0.2) is 9.97 Å². The van der Waals surface area contributed by atoms with Crippen molar-refractivity contribution in [2.45, 2.75) is 51.2 Å². The maximum absolute atomic E-state index is 6.13. The number of ether oxygens (including phenoxy) is 1. The van der Waals surface area contributed by atoms with Crippen LogP contribution in [0.4, 0.5) is 0 Å². The monoisotopic (exact) mass is 235 g/mol. The Labute approximate surface area is 103 Å². The van der Waals surface area contributed by atoms with E-state index in [0.717, 1.165) is 36.3 Å². The number of rotatable bonds is 3. The molecule has 1 aliphatic carbocycles. The summed E-state index contributed by atoms with van der Waals surface area (Å²) in [5.41, 5.74) is 8.37. The molecule has 0 saturated heterocycles. The molecule has 0 saturated carbocycles. The van der Waals surface area contributed by atoms with Crippen molar-refractivity contribution in [3.8, 4) is 0 Å². The molecular weight excluding hydrogens is 214 g/mol. The smallest absolute Gasteiger partial charge is 0.157 e. The Kier molecular flexibility index (Phi) is 4.07. The van der Waals surface area contributed by atoms with E-state index in [9.17, 15) is 0 Å². The lowest BCUT2D eigenvalue weighted by Crippen LogP contribution is -2.15. The molecule has 1 heterocycles. The van der Waals surface area contributed by atoms with Gasteiger partial charge in [0.2, 0.25) is 0 Å². The van der Waals surface area contributed by atoms with Crippen molar-refractivity contribution in [2.75, 3.05) is 7.11 Å². The Bertz CT molecular complexity index is 377. The molecule has 4 heteroatoms. The predicted octanol–water partition coefficient (Wildman–Crippen LogP) is 2.30. The third-order valence-corrected chi connectivity index (χ3v) is 3.44. The maximum atomic E-state index is 6.13. The maximum Gasteiger partial charge on any atom is 0.157 e. The molecule has 1 aromatic rings. The molecule has 0 amide bonds. The van der Waals surface area contributed by atoms with Crippen LogP contribution in [-0.2, 0) is 11.2 Å². The highest BCUT2D eigenvalue weighted by Gasteiger charge is 2.19. The third-order valence-electron chi connectivity index (χ3n) is 3.44. The summed E-state index contributed by atoms with van der Waals surface area (Å²) in [5.74, 6) is 0.794. The van der Waals surface area contributed by atoms with Crippen molar-refractivity contribution < 1.29 is 4.74 Å². The highest BCUT2D eigenvalue weighted by molar-refractivity contribution is 5.23. The van der Waals surface area contributed by atoms with Gasteiger partial charge in [0.15, 0.2) is 5.82 Å². The van der Waals surface area contributed by atoms with Crippen LogP contribution >= 0.6 is 0 Å². The lowest BCUT2D eigenvalue weighted by atomic mass is 10.1. The Morgan fingerprint density at radius 3 is 3.06 bits per heavy atom. The highest BCUT2D eigenvalue weighted by atomic mass is 16.5. The molecule has 0 aromatic carbocycles. The summed E-state index contributed by atoms with van der Waals surface area (Å²) in [7, 11) is 1.70. The van der Waals surface area contributed by atoms with Gasteiger partial charge in [-0.05, 0) is 25.7 Å². The molecule has 1 aromatic heterocycles. The highest BCUT2D eigenvalue weighted by Crippen LogP contribution is 2.26. The van der Waals surface area contributed by atoms with E-state index in [0.29, 0.717) is 0 Å². The Morgan fingerprint density at radius 2 is 2.35 bits per heavy atom. The van der Waals surface area contributed by atoms with E-state index in [-0.39, 0.29) is 12.1 Å². The zero-order valence-corrected chi connectivity index (χ0v) is 10.6. The van der Waals surface area contributed by atoms with Gasteiger partial charge in [-0.3, -0.25) is 0 Å². The number of hydrogen-bond acceptors (Lipinski definition) is 4. The van der Waals surface area contributed by atoms with E-state index >= 15 is 0 Å². The first-order valence-corrected chi connectivity index (χ1v) is 6.40. The topological polar surface area (TPSA) is 61.0 Å². The first-order valence-electron chi connectivity index (χ1n) is 6.40. The normalized spacial score (nSPS) is 21.7. The Morgan fingerprint density at radius 1 is 1.53 bits per heavy atom. The molecule has 0 bridgehead atoms. The van der Waals surface area contributed by atoms with Crippen LogP contribution in [0.1, 0.15) is 61.8 Å². The van der Waals surface area contributed by atoms with Crippen LogP contribution in [0.25, 0.3) is 0 Å². The summed E-state index contributed by atoms with van der Waals surface area (Å²) in [6.45, 7) is 2.08. The second-order valence-electron chi connectivity index (χ2n) is 4.62. The SMILES string of the molecule is CCC(OC)c1ncc2c(n1)CCCCC2N. The summed E-state index contributed by atoms with van der Waals surface area (Å²) in [6, 6.07) is 0.101. The summed E-state index contributed by atoms with van der Waals surface area (Å²) < 4.78 is 5.38. The van der Waals surface area contributed by atoms with Crippen molar-refractivity contribution in [1.82, 2.24) is 9.97 Å². The minimum absolute atomic E-state index is 0.000206. The van der Waals surface area contributed by atoms with Gasteiger partial charge in [0.1, 0.15) is 6.10 Å². The predicted molar refractivity (Wildman–Crippen MR) is 66.6 cm³/mol. The summed E-state index contributed by atoms with van der Waals surface area (Å²) >= 11 is 0. The van der Waals surface area contributed by atoms with E-state index in [1.54, 1.807) is 7.11 Å². The van der Waals surface area contributed by atoms with Crippen molar-refractivity contribution in [1.29, 1.82) is 0 Å². The molecule has 0 spiro atoms. The molecule has 94 valence electrons. The molecule has 2 N–H and O–H groups in total. The van der Waals surface area contributed by atoms with Gasteiger partial charge in [-0.2, -0.15) is 0 Å². The van der Waals surface area contributed by atoms with Crippen LogP contribution in [0.15, 0.2) is 6.20 Å². The number of aryl methyl sites for hydroxylation is 1. The van der Waals surface area contributed by atoms with Crippen LogP contribution in [-0.4, -0.2) is 17.1 Å². The third kappa shape index (κ3) is 2.64. The van der Waals surface area contributed by atoms with Crippen molar-refractivity contribution in [3.05, 3.63) is 23.3 Å². The van der Waals surface area contributed by atoms with Gasteiger partial charge < -0.3 is 10.5 Å². The fourth-order valence-electron chi connectivity index (χ4n) is 2.37. The van der Waals surface area contributed by atoms with Crippen molar-refractivity contribution >= 4 is 0 Å². The van der Waals surface area contributed by atoms with Gasteiger partial charge in [0.05, 0.1) is 0 Å². The van der Waals surface area contributed by atoms with Crippen molar-refractivity contribution in [3.63, 3.8) is 0 Å². The van der Waals surface area contributed by atoms with Crippen LogP contribution in [0.5, 0.6) is 0 Å². The number of methoxy groups -OCH3 is 1. The second kappa shape index (κ2) is 5.56. The zero-order chi connectivity index (χ0) is 12.3. The van der Waals surface area contributed by atoms with Gasteiger partial charge >= 0.3 is 0 Å². The van der Waals surface area contributed by atoms with Crippen LogP contribution in [0.2, 0.25) is 0 Å². The van der Waals surface area contributed by atoms with Gasteiger partial charge in [-0.15, -0.1) is 0 Å². The molecule has 2 atom stereocenters. The average molecular weight is 235 g/mol.